The van der Waals surface area contributed by atoms with Gasteiger partial charge in [-0.1, -0.05) is 11.6 Å². The highest BCUT2D eigenvalue weighted by Gasteiger charge is 2.13. The van der Waals surface area contributed by atoms with Crippen LogP contribution in [0.4, 0.5) is 5.69 Å². The number of rotatable bonds is 3. The number of pyridine rings is 1. The van der Waals surface area contributed by atoms with Crippen molar-refractivity contribution in [2.24, 2.45) is 0 Å². The van der Waals surface area contributed by atoms with Crippen LogP contribution in [0.3, 0.4) is 0 Å². The summed E-state index contributed by atoms with van der Waals surface area (Å²) in [5.41, 5.74) is 6.15. The summed E-state index contributed by atoms with van der Waals surface area (Å²) in [6.07, 6.45) is 0. The summed E-state index contributed by atoms with van der Waals surface area (Å²) >= 11 is 5.70. The van der Waals surface area contributed by atoms with E-state index in [1.165, 1.54) is 13.0 Å². The second-order valence-electron chi connectivity index (χ2n) is 2.71. The van der Waals surface area contributed by atoms with Crippen LogP contribution >= 0.6 is 11.6 Å². The molecule has 0 aliphatic carbocycles. The molecule has 1 aromatic heterocycles. The van der Waals surface area contributed by atoms with Gasteiger partial charge in [0.2, 0.25) is 5.88 Å². The standard InChI is InChI=1S/C9H11ClN2O2/c1-3-14-9-6(5(2)13)4-7(11)8(10)12-9/h4H,3,11H2,1-2H3. The summed E-state index contributed by atoms with van der Waals surface area (Å²) in [5.74, 6) is 0.0866. The molecule has 0 spiro atoms. The third-order valence-corrected chi connectivity index (χ3v) is 1.93. The largest absolute Gasteiger partial charge is 0.477 e. The van der Waals surface area contributed by atoms with Gasteiger partial charge in [0, 0.05) is 0 Å². The van der Waals surface area contributed by atoms with E-state index in [-0.39, 0.29) is 22.5 Å². The molecule has 0 bridgehead atoms. The Kier molecular flexibility index (Phi) is 3.30. The molecule has 0 amide bonds. The van der Waals surface area contributed by atoms with Crippen molar-refractivity contribution in [2.45, 2.75) is 13.8 Å². The normalized spacial score (nSPS) is 9.93. The van der Waals surface area contributed by atoms with Crippen LogP contribution in [0.2, 0.25) is 5.15 Å². The Morgan fingerprint density at radius 1 is 1.71 bits per heavy atom. The average molecular weight is 215 g/mol. The lowest BCUT2D eigenvalue weighted by Crippen LogP contribution is -2.05. The molecule has 1 heterocycles. The van der Waals surface area contributed by atoms with Crippen LogP contribution in [0.5, 0.6) is 5.88 Å². The van der Waals surface area contributed by atoms with Gasteiger partial charge in [-0.25, -0.2) is 0 Å². The molecule has 0 aliphatic heterocycles. The summed E-state index contributed by atoms with van der Waals surface area (Å²) in [5, 5.41) is 0.151. The Morgan fingerprint density at radius 3 is 2.86 bits per heavy atom. The molecule has 0 fully saturated rings. The fourth-order valence-corrected chi connectivity index (χ4v) is 1.12. The van der Waals surface area contributed by atoms with Crippen molar-refractivity contribution in [1.82, 2.24) is 4.98 Å². The molecular formula is C9H11ClN2O2. The number of hydrogen-bond acceptors (Lipinski definition) is 4. The van der Waals surface area contributed by atoms with E-state index in [1.807, 2.05) is 0 Å². The Morgan fingerprint density at radius 2 is 2.36 bits per heavy atom. The molecule has 0 saturated carbocycles. The van der Waals surface area contributed by atoms with E-state index in [9.17, 15) is 4.79 Å². The minimum Gasteiger partial charge on any atom is -0.477 e. The minimum atomic E-state index is -0.149. The predicted octanol–water partition coefficient (Wildman–Crippen LogP) is 1.92. The van der Waals surface area contributed by atoms with E-state index in [4.69, 9.17) is 22.1 Å². The molecule has 2 N–H and O–H groups in total. The van der Waals surface area contributed by atoms with E-state index >= 15 is 0 Å². The maximum absolute atomic E-state index is 11.2. The molecule has 0 saturated heterocycles. The fourth-order valence-electron chi connectivity index (χ4n) is 0.990. The number of nitrogen functional groups attached to an aromatic ring is 1. The molecule has 0 atom stereocenters. The van der Waals surface area contributed by atoms with Crippen molar-refractivity contribution in [3.05, 3.63) is 16.8 Å². The number of ketones is 1. The van der Waals surface area contributed by atoms with Gasteiger partial charge >= 0.3 is 0 Å². The summed E-state index contributed by atoms with van der Waals surface area (Å²) in [4.78, 5) is 15.1. The monoisotopic (exact) mass is 214 g/mol. The van der Waals surface area contributed by atoms with Gasteiger partial charge < -0.3 is 10.5 Å². The van der Waals surface area contributed by atoms with Gasteiger partial charge in [0.1, 0.15) is 0 Å². The van der Waals surface area contributed by atoms with Crippen molar-refractivity contribution in [3.8, 4) is 5.88 Å². The zero-order valence-electron chi connectivity index (χ0n) is 8.00. The molecule has 14 heavy (non-hydrogen) atoms. The molecule has 5 heteroatoms. The average Bonchev–Trinajstić information content (AvgIpc) is 2.11. The lowest BCUT2D eigenvalue weighted by Gasteiger charge is -2.08. The Labute approximate surface area is 87.0 Å². The fraction of sp³-hybridized carbons (Fsp3) is 0.333. The van der Waals surface area contributed by atoms with Crippen molar-refractivity contribution in [3.63, 3.8) is 0 Å². The minimum absolute atomic E-state index is 0.149. The van der Waals surface area contributed by atoms with Gasteiger partial charge in [-0.05, 0) is 19.9 Å². The first-order chi connectivity index (χ1) is 6.56. The quantitative estimate of drug-likeness (QED) is 0.617. The molecule has 0 radical (unpaired) electrons. The lowest BCUT2D eigenvalue weighted by molar-refractivity contribution is 0.101. The number of carbonyl (C=O) groups is 1. The summed E-state index contributed by atoms with van der Waals surface area (Å²) in [6, 6.07) is 1.47. The van der Waals surface area contributed by atoms with Crippen LogP contribution in [-0.4, -0.2) is 17.4 Å². The maximum atomic E-state index is 11.2. The van der Waals surface area contributed by atoms with E-state index in [1.54, 1.807) is 6.92 Å². The first-order valence-electron chi connectivity index (χ1n) is 4.16. The van der Waals surface area contributed by atoms with Gasteiger partial charge in [-0.2, -0.15) is 4.98 Å². The second kappa shape index (κ2) is 4.28. The number of aromatic nitrogens is 1. The highest BCUT2D eigenvalue weighted by molar-refractivity contribution is 6.32. The van der Waals surface area contributed by atoms with Crippen molar-refractivity contribution in [2.75, 3.05) is 12.3 Å². The first kappa shape index (κ1) is 10.8. The van der Waals surface area contributed by atoms with Crippen molar-refractivity contribution < 1.29 is 9.53 Å². The Hall–Kier alpha value is -1.29. The molecule has 1 aromatic rings. The molecule has 76 valence electrons. The molecule has 4 nitrogen and oxygen atoms in total. The third kappa shape index (κ3) is 2.14. The highest BCUT2D eigenvalue weighted by Crippen LogP contribution is 2.25. The van der Waals surface area contributed by atoms with Crippen molar-refractivity contribution >= 4 is 23.1 Å². The van der Waals surface area contributed by atoms with Crippen LogP contribution in [0.1, 0.15) is 24.2 Å². The molecule has 1 rings (SSSR count). The molecule has 0 aliphatic rings. The number of ether oxygens (including phenoxy) is 1. The van der Waals surface area contributed by atoms with Crippen LogP contribution in [-0.2, 0) is 0 Å². The predicted molar refractivity (Wildman–Crippen MR) is 54.8 cm³/mol. The number of nitrogens with zero attached hydrogens (tertiary/aromatic N) is 1. The molecule has 0 aromatic carbocycles. The van der Waals surface area contributed by atoms with Gasteiger partial charge in [0.05, 0.1) is 17.9 Å². The summed E-state index contributed by atoms with van der Waals surface area (Å²) < 4.78 is 5.16. The SMILES string of the molecule is CCOc1nc(Cl)c(N)cc1C(C)=O. The molecular weight excluding hydrogens is 204 g/mol. The van der Waals surface area contributed by atoms with Gasteiger partial charge in [-0.3, -0.25) is 4.79 Å². The topological polar surface area (TPSA) is 65.2 Å². The first-order valence-corrected chi connectivity index (χ1v) is 4.53. The van der Waals surface area contributed by atoms with E-state index in [2.05, 4.69) is 4.98 Å². The van der Waals surface area contributed by atoms with Crippen LogP contribution in [0.15, 0.2) is 6.07 Å². The van der Waals surface area contributed by atoms with E-state index in [0.717, 1.165) is 0 Å². The van der Waals surface area contributed by atoms with Crippen LogP contribution < -0.4 is 10.5 Å². The number of carbonyl (C=O) groups excluding carboxylic acids is 1. The summed E-state index contributed by atoms with van der Waals surface area (Å²) in [7, 11) is 0. The third-order valence-electron chi connectivity index (χ3n) is 1.63. The lowest BCUT2D eigenvalue weighted by atomic mass is 10.2. The number of hydrogen-bond donors (Lipinski definition) is 1. The van der Waals surface area contributed by atoms with Gasteiger partial charge in [0.15, 0.2) is 10.9 Å². The second-order valence-corrected chi connectivity index (χ2v) is 3.07. The van der Waals surface area contributed by atoms with Gasteiger partial charge in [-0.15, -0.1) is 0 Å². The summed E-state index contributed by atoms with van der Waals surface area (Å²) in [6.45, 7) is 3.65. The van der Waals surface area contributed by atoms with E-state index < -0.39 is 0 Å². The number of nitrogens with two attached hydrogens (primary N) is 1. The number of anilines is 1. The highest BCUT2D eigenvalue weighted by atomic mass is 35.5. The smallest absolute Gasteiger partial charge is 0.225 e. The van der Waals surface area contributed by atoms with E-state index in [0.29, 0.717) is 12.2 Å². The van der Waals surface area contributed by atoms with Crippen LogP contribution in [0, 0.1) is 0 Å². The zero-order chi connectivity index (χ0) is 10.7. The van der Waals surface area contributed by atoms with Crippen molar-refractivity contribution in [1.29, 1.82) is 0 Å². The van der Waals surface area contributed by atoms with Gasteiger partial charge in [0.25, 0.3) is 0 Å². The van der Waals surface area contributed by atoms with Crippen LogP contribution in [0.25, 0.3) is 0 Å². The zero-order valence-corrected chi connectivity index (χ0v) is 8.76. The number of halogens is 1. The molecule has 0 unspecified atom stereocenters. The number of Topliss-reactive ketones (excluding diaryl/α,β-unsaturated/α-hetero) is 1. The Bertz CT molecular complexity index is 366. The maximum Gasteiger partial charge on any atom is 0.225 e. The Balaban J connectivity index is 3.24.